The van der Waals surface area contributed by atoms with E-state index < -0.39 is 18.1 Å². The number of hydrogen-bond acceptors (Lipinski definition) is 3. The van der Waals surface area contributed by atoms with Crippen molar-refractivity contribution in [3.63, 3.8) is 0 Å². The molecule has 18 heavy (non-hydrogen) atoms. The van der Waals surface area contributed by atoms with E-state index >= 15 is 0 Å². The van der Waals surface area contributed by atoms with Crippen LogP contribution in [-0.4, -0.2) is 33.8 Å². The van der Waals surface area contributed by atoms with Gasteiger partial charge in [-0.05, 0) is 12.8 Å². The van der Waals surface area contributed by atoms with E-state index in [2.05, 4.69) is 15.6 Å². The predicted molar refractivity (Wildman–Crippen MR) is 59.8 cm³/mol. The van der Waals surface area contributed by atoms with Gasteiger partial charge in [0.1, 0.15) is 0 Å². The average Bonchev–Trinajstić information content (AvgIpc) is 2.81. The van der Waals surface area contributed by atoms with E-state index in [1.807, 2.05) is 0 Å². The van der Waals surface area contributed by atoms with Crippen molar-refractivity contribution in [3.05, 3.63) is 12.4 Å². The predicted octanol–water partition coefficient (Wildman–Crippen LogP) is 1.99. The number of aromatic nitrogens is 3. The first-order valence-corrected chi connectivity index (χ1v) is 6.21. The minimum absolute atomic E-state index is 0.241. The molecule has 1 heterocycles. The lowest BCUT2D eigenvalue weighted by molar-refractivity contribution is -0.188. The van der Waals surface area contributed by atoms with E-state index in [4.69, 9.17) is 0 Å². The third-order valence-corrected chi connectivity index (χ3v) is 3.41. The van der Waals surface area contributed by atoms with Crippen LogP contribution in [0.3, 0.4) is 0 Å². The molecular weight excluding hydrogens is 245 g/mol. The van der Waals surface area contributed by atoms with Crippen LogP contribution in [0, 0.1) is 5.92 Å². The molecule has 0 amide bonds. The van der Waals surface area contributed by atoms with Gasteiger partial charge >= 0.3 is 6.18 Å². The molecule has 1 aliphatic carbocycles. The van der Waals surface area contributed by atoms with Gasteiger partial charge in [-0.1, -0.05) is 18.1 Å². The zero-order chi connectivity index (χ0) is 13.0. The van der Waals surface area contributed by atoms with Gasteiger partial charge < -0.3 is 5.32 Å². The van der Waals surface area contributed by atoms with E-state index in [0.29, 0.717) is 25.9 Å². The SMILES string of the molecule is FC(F)(F)C1CCCCC1NCCn1ccnn1. The molecule has 0 spiro atoms. The lowest BCUT2D eigenvalue weighted by Crippen LogP contribution is -2.46. The number of rotatable bonds is 4. The second-order valence-electron chi connectivity index (χ2n) is 4.66. The van der Waals surface area contributed by atoms with Gasteiger partial charge in [-0.3, -0.25) is 4.68 Å². The number of halogens is 3. The molecule has 1 aliphatic rings. The lowest BCUT2D eigenvalue weighted by atomic mass is 9.84. The summed E-state index contributed by atoms with van der Waals surface area (Å²) in [5.41, 5.74) is 0. The molecule has 1 aromatic rings. The maximum Gasteiger partial charge on any atom is 0.393 e. The van der Waals surface area contributed by atoms with Crippen molar-refractivity contribution in [2.24, 2.45) is 5.92 Å². The molecule has 1 fully saturated rings. The number of nitrogens with one attached hydrogen (secondary N) is 1. The third-order valence-electron chi connectivity index (χ3n) is 3.41. The van der Waals surface area contributed by atoms with Gasteiger partial charge in [0.15, 0.2) is 0 Å². The Morgan fingerprint density at radius 1 is 1.28 bits per heavy atom. The van der Waals surface area contributed by atoms with Gasteiger partial charge in [0, 0.05) is 18.8 Å². The van der Waals surface area contributed by atoms with Crippen molar-refractivity contribution in [3.8, 4) is 0 Å². The minimum Gasteiger partial charge on any atom is -0.312 e. The molecule has 2 unspecified atom stereocenters. The van der Waals surface area contributed by atoms with E-state index in [9.17, 15) is 13.2 Å². The number of nitrogens with zero attached hydrogens (tertiary/aromatic N) is 3. The topological polar surface area (TPSA) is 42.7 Å². The van der Waals surface area contributed by atoms with E-state index in [1.54, 1.807) is 17.1 Å². The highest BCUT2D eigenvalue weighted by atomic mass is 19.4. The first-order chi connectivity index (χ1) is 8.57. The summed E-state index contributed by atoms with van der Waals surface area (Å²) in [6.45, 7) is 1.03. The van der Waals surface area contributed by atoms with Crippen molar-refractivity contribution < 1.29 is 13.2 Å². The first-order valence-electron chi connectivity index (χ1n) is 6.21. The Hall–Kier alpha value is -1.11. The third kappa shape index (κ3) is 3.44. The van der Waals surface area contributed by atoms with Crippen LogP contribution in [0.5, 0.6) is 0 Å². The Morgan fingerprint density at radius 3 is 2.72 bits per heavy atom. The van der Waals surface area contributed by atoms with Crippen LogP contribution in [0.15, 0.2) is 12.4 Å². The second kappa shape index (κ2) is 5.69. The monoisotopic (exact) mass is 262 g/mol. The summed E-state index contributed by atoms with van der Waals surface area (Å²) in [5, 5.41) is 10.4. The lowest BCUT2D eigenvalue weighted by Gasteiger charge is -2.33. The maximum absolute atomic E-state index is 12.8. The largest absolute Gasteiger partial charge is 0.393 e. The molecule has 1 saturated carbocycles. The quantitative estimate of drug-likeness (QED) is 0.902. The fourth-order valence-electron chi connectivity index (χ4n) is 2.48. The van der Waals surface area contributed by atoms with Crippen molar-refractivity contribution in [1.29, 1.82) is 0 Å². The second-order valence-corrected chi connectivity index (χ2v) is 4.66. The molecule has 2 rings (SSSR count). The van der Waals surface area contributed by atoms with Crippen LogP contribution in [0.2, 0.25) is 0 Å². The Kier molecular flexibility index (Phi) is 4.21. The van der Waals surface area contributed by atoms with Crippen LogP contribution in [0.25, 0.3) is 0 Å². The summed E-state index contributed by atoms with van der Waals surface area (Å²) in [4.78, 5) is 0. The van der Waals surface area contributed by atoms with Crippen molar-refractivity contribution >= 4 is 0 Å². The Morgan fingerprint density at radius 2 is 2.06 bits per heavy atom. The Balaban J connectivity index is 1.82. The standard InChI is InChI=1S/C11H17F3N4/c12-11(13,14)9-3-1-2-4-10(9)15-5-7-18-8-6-16-17-18/h6,8-10,15H,1-5,7H2. The van der Waals surface area contributed by atoms with Gasteiger partial charge in [-0.15, -0.1) is 5.10 Å². The van der Waals surface area contributed by atoms with Crippen LogP contribution in [0.1, 0.15) is 25.7 Å². The Labute approximate surface area is 104 Å². The molecular formula is C11H17F3N4. The molecule has 4 nitrogen and oxygen atoms in total. The smallest absolute Gasteiger partial charge is 0.312 e. The van der Waals surface area contributed by atoms with Crippen LogP contribution in [0.4, 0.5) is 13.2 Å². The highest BCUT2D eigenvalue weighted by Crippen LogP contribution is 2.37. The van der Waals surface area contributed by atoms with Crippen molar-refractivity contribution in [1.82, 2.24) is 20.3 Å². The summed E-state index contributed by atoms with van der Waals surface area (Å²) < 4.78 is 40.1. The summed E-state index contributed by atoms with van der Waals surface area (Å²) in [6.07, 6.45) is 1.54. The van der Waals surface area contributed by atoms with E-state index in [1.165, 1.54) is 0 Å². The highest BCUT2D eigenvalue weighted by molar-refractivity contribution is 4.85. The highest BCUT2D eigenvalue weighted by Gasteiger charge is 2.45. The van der Waals surface area contributed by atoms with Crippen molar-refractivity contribution in [2.45, 2.75) is 44.4 Å². The summed E-state index contributed by atoms with van der Waals surface area (Å²) in [6, 6.07) is -0.456. The van der Waals surface area contributed by atoms with Gasteiger partial charge in [0.05, 0.1) is 18.7 Å². The maximum atomic E-state index is 12.8. The Bertz CT molecular complexity index is 350. The molecule has 7 heteroatoms. The average molecular weight is 262 g/mol. The summed E-state index contributed by atoms with van der Waals surface area (Å²) in [7, 11) is 0. The zero-order valence-corrected chi connectivity index (χ0v) is 10.0. The number of hydrogen-bond donors (Lipinski definition) is 1. The normalized spacial score (nSPS) is 25.3. The molecule has 0 aromatic carbocycles. The van der Waals surface area contributed by atoms with Gasteiger partial charge in [-0.2, -0.15) is 13.2 Å². The molecule has 0 radical (unpaired) electrons. The van der Waals surface area contributed by atoms with E-state index in [0.717, 1.165) is 6.42 Å². The van der Waals surface area contributed by atoms with Crippen LogP contribution < -0.4 is 5.32 Å². The molecule has 2 atom stereocenters. The molecule has 102 valence electrons. The van der Waals surface area contributed by atoms with Gasteiger partial charge in [0.25, 0.3) is 0 Å². The molecule has 1 N–H and O–H groups in total. The fraction of sp³-hybridized carbons (Fsp3) is 0.818. The number of alkyl halides is 3. The van der Waals surface area contributed by atoms with Gasteiger partial charge in [0.2, 0.25) is 0 Å². The minimum atomic E-state index is -4.09. The van der Waals surface area contributed by atoms with E-state index in [-0.39, 0.29) is 6.42 Å². The first kappa shape index (κ1) is 13.3. The molecule has 1 aromatic heterocycles. The van der Waals surface area contributed by atoms with Crippen LogP contribution >= 0.6 is 0 Å². The molecule has 0 bridgehead atoms. The van der Waals surface area contributed by atoms with Crippen molar-refractivity contribution in [2.75, 3.05) is 6.54 Å². The summed E-state index contributed by atoms with van der Waals surface area (Å²) in [5.74, 6) is -1.21. The summed E-state index contributed by atoms with van der Waals surface area (Å²) >= 11 is 0. The molecule has 0 saturated heterocycles. The van der Waals surface area contributed by atoms with Crippen LogP contribution in [-0.2, 0) is 6.54 Å². The van der Waals surface area contributed by atoms with Gasteiger partial charge in [-0.25, -0.2) is 0 Å². The molecule has 0 aliphatic heterocycles. The zero-order valence-electron chi connectivity index (χ0n) is 10.0. The fourth-order valence-corrected chi connectivity index (χ4v) is 2.48.